The fraction of sp³-hybridized carbons (Fsp3) is 0.182. The summed E-state index contributed by atoms with van der Waals surface area (Å²) in [5, 5.41) is 3.15. The number of hydrogen-bond donors (Lipinski definition) is 2. The van der Waals surface area contributed by atoms with Crippen molar-refractivity contribution in [2.24, 2.45) is 10.7 Å². The van der Waals surface area contributed by atoms with Crippen molar-refractivity contribution in [1.29, 1.82) is 0 Å². The molecule has 3 N–H and O–H groups in total. The van der Waals surface area contributed by atoms with Crippen LogP contribution in [-0.4, -0.2) is 17.5 Å². The minimum Gasteiger partial charge on any atom is -0.487 e. The number of halogens is 1. The third kappa shape index (κ3) is 7.56. The average molecular weight is 488 g/mol. The van der Waals surface area contributed by atoms with E-state index in [1.807, 2.05) is 60.7 Å². The van der Waals surface area contributed by atoms with Crippen LogP contribution in [0.4, 0.5) is 0 Å². The number of nitrogens with two attached hydrogens (primary N) is 1. The molecule has 0 aliphatic carbocycles. The van der Waals surface area contributed by atoms with Crippen molar-refractivity contribution in [2.75, 3.05) is 6.54 Å². The Kier molecular flexibility index (Phi) is 9.27. The van der Waals surface area contributed by atoms with Gasteiger partial charge in [-0.2, -0.15) is 0 Å². The van der Waals surface area contributed by atoms with Crippen LogP contribution in [0.25, 0.3) is 0 Å². The second-order valence-corrected chi connectivity index (χ2v) is 6.12. The molecule has 146 valence electrons. The number of pyridine rings is 1. The molecule has 0 saturated carbocycles. The highest BCUT2D eigenvalue weighted by atomic mass is 127. The summed E-state index contributed by atoms with van der Waals surface area (Å²) in [5.41, 5.74) is 9.19. The molecule has 0 amide bonds. The molecule has 3 aromatic rings. The summed E-state index contributed by atoms with van der Waals surface area (Å²) in [4.78, 5) is 8.62. The van der Waals surface area contributed by atoms with E-state index < -0.39 is 0 Å². The summed E-state index contributed by atoms with van der Waals surface area (Å²) >= 11 is 0. The van der Waals surface area contributed by atoms with Gasteiger partial charge in [0.05, 0.1) is 12.2 Å². The van der Waals surface area contributed by atoms with Gasteiger partial charge in [-0.15, -0.1) is 24.0 Å². The van der Waals surface area contributed by atoms with Gasteiger partial charge in [-0.3, -0.25) is 4.98 Å². The number of guanidine groups is 1. The molecule has 5 nitrogen and oxygen atoms in total. The van der Waals surface area contributed by atoms with Crippen molar-refractivity contribution >= 4 is 29.9 Å². The maximum absolute atomic E-state index is 5.93. The quantitative estimate of drug-likeness (QED) is 0.287. The predicted octanol–water partition coefficient (Wildman–Crippen LogP) is 3.93. The van der Waals surface area contributed by atoms with Crippen LogP contribution in [0.5, 0.6) is 5.75 Å². The predicted molar refractivity (Wildman–Crippen MR) is 124 cm³/mol. The lowest BCUT2D eigenvalue weighted by Crippen LogP contribution is -2.33. The molecule has 0 bridgehead atoms. The third-order valence-corrected chi connectivity index (χ3v) is 4.03. The van der Waals surface area contributed by atoms with Crippen LogP contribution < -0.4 is 15.8 Å². The molecule has 1 aromatic heterocycles. The lowest BCUT2D eigenvalue weighted by Gasteiger charge is -2.07. The molecular weight excluding hydrogens is 463 g/mol. The van der Waals surface area contributed by atoms with Gasteiger partial charge in [0, 0.05) is 12.7 Å². The summed E-state index contributed by atoms with van der Waals surface area (Å²) in [6.45, 7) is 1.75. The third-order valence-electron chi connectivity index (χ3n) is 4.03. The maximum Gasteiger partial charge on any atom is 0.188 e. The molecule has 28 heavy (non-hydrogen) atoms. The first-order valence-corrected chi connectivity index (χ1v) is 8.99. The SMILES string of the molecule is I.NC(=NCc1ccc(OCc2ccccn2)cc1)NCCc1ccccc1. The Morgan fingerprint density at radius 3 is 2.39 bits per heavy atom. The van der Waals surface area contributed by atoms with Crippen LogP contribution in [0.15, 0.2) is 84.0 Å². The number of aliphatic imine (C=N–C) groups is 1. The van der Waals surface area contributed by atoms with Crippen molar-refractivity contribution in [2.45, 2.75) is 19.6 Å². The molecule has 6 heteroatoms. The Morgan fingerprint density at radius 2 is 1.68 bits per heavy atom. The van der Waals surface area contributed by atoms with Crippen molar-refractivity contribution in [3.05, 3.63) is 95.8 Å². The normalized spacial score (nSPS) is 10.8. The number of rotatable bonds is 8. The zero-order chi connectivity index (χ0) is 18.7. The molecular formula is C22H25IN4O. The van der Waals surface area contributed by atoms with Crippen molar-refractivity contribution in [1.82, 2.24) is 10.3 Å². The van der Waals surface area contributed by atoms with Crippen LogP contribution >= 0.6 is 24.0 Å². The molecule has 0 unspecified atom stereocenters. The summed E-state index contributed by atoms with van der Waals surface area (Å²) in [5.74, 6) is 1.27. The summed E-state index contributed by atoms with van der Waals surface area (Å²) in [6.07, 6.45) is 2.68. The van der Waals surface area contributed by atoms with Gasteiger partial charge in [0.15, 0.2) is 5.96 Å². The Balaban J connectivity index is 0.00000280. The second kappa shape index (κ2) is 12.0. The van der Waals surface area contributed by atoms with Crippen molar-refractivity contribution < 1.29 is 4.74 Å². The van der Waals surface area contributed by atoms with Crippen LogP contribution in [-0.2, 0) is 19.6 Å². The van der Waals surface area contributed by atoms with Gasteiger partial charge >= 0.3 is 0 Å². The van der Waals surface area contributed by atoms with Crippen LogP contribution in [0.3, 0.4) is 0 Å². The number of aromatic nitrogens is 1. The molecule has 3 rings (SSSR count). The molecule has 0 aliphatic heterocycles. The number of hydrogen-bond acceptors (Lipinski definition) is 3. The maximum atomic E-state index is 5.93. The fourth-order valence-electron chi connectivity index (χ4n) is 2.54. The summed E-state index contributed by atoms with van der Waals surface area (Å²) < 4.78 is 5.73. The Labute approximate surface area is 183 Å². The number of nitrogens with zero attached hydrogens (tertiary/aromatic N) is 2. The highest BCUT2D eigenvalue weighted by molar-refractivity contribution is 14.0. The Bertz CT molecular complexity index is 839. The van der Waals surface area contributed by atoms with E-state index in [1.54, 1.807) is 6.20 Å². The first-order valence-electron chi connectivity index (χ1n) is 8.99. The fourth-order valence-corrected chi connectivity index (χ4v) is 2.54. The number of nitrogens with one attached hydrogen (secondary N) is 1. The zero-order valence-electron chi connectivity index (χ0n) is 15.6. The molecule has 0 aliphatic rings. The average Bonchev–Trinajstić information content (AvgIpc) is 2.73. The first kappa shape index (κ1) is 21.7. The van der Waals surface area contributed by atoms with Crippen molar-refractivity contribution in [3.63, 3.8) is 0 Å². The molecule has 0 saturated heterocycles. The number of ether oxygens (including phenoxy) is 1. The lowest BCUT2D eigenvalue weighted by molar-refractivity contribution is 0.301. The van der Waals surface area contributed by atoms with Gasteiger partial charge < -0.3 is 15.8 Å². The highest BCUT2D eigenvalue weighted by Gasteiger charge is 1.99. The molecule has 0 radical (unpaired) electrons. The molecule has 1 heterocycles. The largest absolute Gasteiger partial charge is 0.487 e. The lowest BCUT2D eigenvalue weighted by atomic mass is 10.1. The Morgan fingerprint density at radius 1 is 0.929 bits per heavy atom. The smallest absolute Gasteiger partial charge is 0.188 e. The number of benzene rings is 2. The molecule has 0 fully saturated rings. The van der Waals surface area contributed by atoms with E-state index in [4.69, 9.17) is 10.5 Å². The van der Waals surface area contributed by atoms with E-state index in [2.05, 4.69) is 27.4 Å². The zero-order valence-corrected chi connectivity index (χ0v) is 18.0. The molecule has 0 atom stereocenters. The summed E-state index contributed by atoms with van der Waals surface area (Å²) in [6, 6.07) is 23.9. The van der Waals surface area contributed by atoms with E-state index in [-0.39, 0.29) is 24.0 Å². The molecule has 0 spiro atoms. The van der Waals surface area contributed by atoms with Gasteiger partial charge in [0.2, 0.25) is 0 Å². The van der Waals surface area contributed by atoms with E-state index in [0.717, 1.165) is 30.0 Å². The topological polar surface area (TPSA) is 72.5 Å². The summed E-state index contributed by atoms with van der Waals surface area (Å²) in [7, 11) is 0. The van der Waals surface area contributed by atoms with Gasteiger partial charge in [-0.25, -0.2) is 4.99 Å². The monoisotopic (exact) mass is 488 g/mol. The van der Waals surface area contributed by atoms with E-state index >= 15 is 0 Å². The Hall–Kier alpha value is -2.61. The first-order chi connectivity index (χ1) is 13.3. The van der Waals surface area contributed by atoms with Crippen molar-refractivity contribution in [3.8, 4) is 5.75 Å². The second-order valence-electron chi connectivity index (χ2n) is 6.12. The van der Waals surface area contributed by atoms with Gasteiger partial charge in [0.1, 0.15) is 12.4 Å². The minimum absolute atomic E-state index is 0. The van der Waals surface area contributed by atoms with Crippen LogP contribution in [0.2, 0.25) is 0 Å². The van der Waals surface area contributed by atoms with Gasteiger partial charge in [-0.05, 0) is 41.8 Å². The molecule has 2 aromatic carbocycles. The standard InChI is InChI=1S/C22H24N4O.HI/c23-22(25-15-13-18-6-2-1-3-7-18)26-16-19-9-11-21(12-10-19)27-17-20-8-4-5-14-24-20;/h1-12,14H,13,15-17H2,(H3,23,25,26);1H. The van der Waals surface area contributed by atoms with Crippen LogP contribution in [0.1, 0.15) is 16.8 Å². The van der Waals surface area contributed by atoms with Gasteiger partial charge in [-0.1, -0.05) is 48.5 Å². The van der Waals surface area contributed by atoms with Crippen LogP contribution in [0, 0.1) is 0 Å². The highest BCUT2D eigenvalue weighted by Crippen LogP contribution is 2.14. The van der Waals surface area contributed by atoms with Gasteiger partial charge in [0.25, 0.3) is 0 Å². The van der Waals surface area contributed by atoms with E-state index in [1.165, 1.54) is 5.56 Å². The van der Waals surface area contributed by atoms with E-state index in [0.29, 0.717) is 19.1 Å². The van der Waals surface area contributed by atoms with E-state index in [9.17, 15) is 0 Å². The minimum atomic E-state index is 0.